The molecule has 0 atom stereocenters. The number of nitrogen functional groups attached to an aromatic ring is 1. The van der Waals surface area contributed by atoms with Gasteiger partial charge in [-0.25, -0.2) is 22.5 Å². The van der Waals surface area contributed by atoms with Crippen LogP contribution in [0.2, 0.25) is 0 Å². The molecule has 0 aliphatic rings. The third kappa shape index (κ3) is 3.67. The van der Waals surface area contributed by atoms with E-state index >= 15 is 0 Å². The van der Waals surface area contributed by atoms with Gasteiger partial charge in [-0.1, -0.05) is 0 Å². The molecule has 8 heteroatoms. The number of rotatable bonds is 5. The predicted molar refractivity (Wildman–Crippen MR) is 75.6 cm³/mol. The number of halogens is 1. The van der Waals surface area contributed by atoms with Crippen LogP contribution < -0.4 is 15.2 Å². The number of nitrogens with two attached hydrogens (primary N) is 1. The molecule has 0 aliphatic carbocycles. The van der Waals surface area contributed by atoms with Crippen molar-refractivity contribution in [3.8, 4) is 5.88 Å². The average molecular weight is 311 g/mol. The van der Waals surface area contributed by atoms with Gasteiger partial charge in [0, 0.05) is 18.8 Å². The molecule has 1 heterocycles. The summed E-state index contributed by atoms with van der Waals surface area (Å²) in [6.45, 7) is 0.0111. The van der Waals surface area contributed by atoms with Gasteiger partial charge in [-0.3, -0.25) is 0 Å². The van der Waals surface area contributed by atoms with Crippen LogP contribution in [0.4, 0.5) is 10.1 Å². The minimum Gasteiger partial charge on any atom is -0.481 e. The van der Waals surface area contributed by atoms with Crippen molar-refractivity contribution in [3.05, 3.63) is 47.9 Å². The van der Waals surface area contributed by atoms with Gasteiger partial charge in [0.2, 0.25) is 15.9 Å². The summed E-state index contributed by atoms with van der Waals surface area (Å²) in [5.41, 5.74) is 6.21. The molecule has 0 aliphatic heterocycles. The lowest BCUT2D eigenvalue weighted by atomic mass is 10.3. The summed E-state index contributed by atoms with van der Waals surface area (Å²) in [6.07, 6.45) is 1.50. The van der Waals surface area contributed by atoms with Gasteiger partial charge in [0.25, 0.3) is 0 Å². The maximum atomic E-state index is 13.2. The molecule has 0 saturated heterocycles. The molecule has 2 rings (SSSR count). The monoisotopic (exact) mass is 311 g/mol. The number of hydrogen-bond acceptors (Lipinski definition) is 5. The number of nitrogens with zero attached hydrogens (tertiary/aromatic N) is 1. The Kier molecular flexibility index (Phi) is 4.39. The summed E-state index contributed by atoms with van der Waals surface area (Å²) < 4.78 is 44.7. The standard InChI is InChI=1S/C13H14FN3O3S/c1-20-13-6-9(4-5-16-13)8-17-21(18,19)12-7-10(14)2-3-11(12)15/h2-7,17H,8,15H2,1H3. The molecule has 0 bridgehead atoms. The van der Waals surface area contributed by atoms with Gasteiger partial charge in [0.1, 0.15) is 10.7 Å². The van der Waals surface area contributed by atoms with Gasteiger partial charge in [0.05, 0.1) is 12.8 Å². The maximum Gasteiger partial charge on any atom is 0.243 e. The molecule has 1 aromatic carbocycles. The lowest BCUT2D eigenvalue weighted by molar-refractivity contribution is 0.397. The zero-order valence-corrected chi connectivity index (χ0v) is 12.0. The van der Waals surface area contributed by atoms with Gasteiger partial charge < -0.3 is 10.5 Å². The van der Waals surface area contributed by atoms with Gasteiger partial charge >= 0.3 is 0 Å². The normalized spacial score (nSPS) is 11.3. The zero-order valence-electron chi connectivity index (χ0n) is 11.2. The fourth-order valence-corrected chi connectivity index (χ4v) is 2.83. The molecule has 21 heavy (non-hydrogen) atoms. The number of sulfonamides is 1. The second-order valence-electron chi connectivity index (χ2n) is 4.21. The van der Waals surface area contributed by atoms with Gasteiger partial charge in [0.15, 0.2) is 0 Å². The van der Waals surface area contributed by atoms with Crippen LogP contribution >= 0.6 is 0 Å². The molecule has 3 N–H and O–H groups in total. The molecule has 0 radical (unpaired) electrons. The Hall–Kier alpha value is -2.19. The first kappa shape index (κ1) is 15.2. The van der Waals surface area contributed by atoms with E-state index in [1.54, 1.807) is 12.1 Å². The molecular weight excluding hydrogens is 297 g/mol. The Morgan fingerprint density at radius 2 is 2.10 bits per heavy atom. The highest BCUT2D eigenvalue weighted by molar-refractivity contribution is 7.89. The third-order valence-electron chi connectivity index (χ3n) is 2.74. The molecule has 6 nitrogen and oxygen atoms in total. The van der Waals surface area contributed by atoms with Crippen LogP contribution in [-0.2, 0) is 16.6 Å². The van der Waals surface area contributed by atoms with Crippen molar-refractivity contribution in [3.63, 3.8) is 0 Å². The Morgan fingerprint density at radius 3 is 2.81 bits per heavy atom. The van der Waals surface area contributed by atoms with Gasteiger partial charge in [-0.05, 0) is 29.8 Å². The van der Waals surface area contributed by atoms with Crippen LogP contribution in [0.1, 0.15) is 5.56 Å². The Balaban J connectivity index is 2.19. The van der Waals surface area contributed by atoms with Crippen molar-refractivity contribution in [2.45, 2.75) is 11.4 Å². The van der Waals surface area contributed by atoms with Crippen molar-refractivity contribution in [2.24, 2.45) is 0 Å². The topological polar surface area (TPSA) is 94.3 Å². The summed E-state index contributed by atoms with van der Waals surface area (Å²) >= 11 is 0. The average Bonchev–Trinajstić information content (AvgIpc) is 2.48. The van der Waals surface area contributed by atoms with Crippen LogP contribution in [0, 0.1) is 5.82 Å². The van der Waals surface area contributed by atoms with Crippen LogP contribution in [0.5, 0.6) is 5.88 Å². The van der Waals surface area contributed by atoms with Crippen molar-refractivity contribution < 1.29 is 17.5 Å². The number of nitrogens with one attached hydrogen (secondary N) is 1. The summed E-state index contributed by atoms with van der Waals surface area (Å²) in [5, 5.41) is 0. The van der Waals surface area contributed by atoms with E-state index in [2.05, 4.69) is 9.71 Å². The Morgan fingerprint density at radius 1 is 1.33 bits per heavy atom. The number of anilines is 1. The number of benzene rings is 1. The first-order valence-electron chi connectivity index (χ1n) is 5.96. The molecule has 112 valence electrons. The SMILES string of the molecule is COc1cc(CNS(=O)(=O)c2cc(F)ccc2N)ccn1. The highest BCUT2D eigenvalue weighted by Gasteiger charge is 2.18. The largest absolute Gasteiger partial charge is 0.481 e. The van der Waals surface area contributed by atoms with Crippen LogP contribution in [0.15, 0.2) is 41.4 Å². The van der Waals surface area contributed by atoms with Gasteiger partial charge in [-0.15, -0.1) is 0 Å². The highest BCUT2D eigenvalue weighted by atomic mass is 32.2. The molecule has 0 spiro atoms. The second kappa shape index (κ2) is 6.06. The smallest absolute Gasteiger partial charge is 0.243 e. The lowest BCUT2D eigenvalue weighted by Crippen LogP contribution is -2.24. The number of hydrogen-bond donors (Lipinski definition) is 2. The van der Waals surface area contributed by atoms with Crippen molar-refractivity contribution >= 4 is 15.7 Å². The van der Waals surface area contributed by atoms with E-state index in [0.717, 1.165) is 12.1 Å². The minimum absolute atomic E-state index is 0.0111. The lowest BCUT2D eigenvalue weighted by Gasteiger charge is -2.09. The third-order valence-corrected chi connectivity index (χ3v) is 4.20. The number of methoxy groups -OCH3 is 1. The van der Waals surface area contributed by atoms with Crippen LogP contribution in [0.25, 0.3) is 0 Å². The molecule has 0 fully saturated rings. The summed E-state index contributed by atoms with van der Waals surface area (Å²) in [5.74, 6) is -0.299. The van der Waals surface area contributed by atoms with Gasteiger partial charge in [-0.2, -0.15) is 0 Å². The summed E-state index contributed by atoms with van der Waals surface area (Å²) in [7, 11) is -2.45. The van der Waals surface area contributed by atoms with E-state index < -0.39 is 15.8 Å². The minimum atomic E-state index is -3.91. The van der Waals surface area contributed by atoms with E-state index in [-0.39, 0.29) is 17.1 Å². The summed E-state index contributed by atoms with van der Waals surface area (Å²) in [4.78, 5) is 3.63. The molecule has 2 aromatic rings. The predicted octanol–water partition coefficient (Wildman–Crippen LogP) is 1.29. The van der Waals surface area contributed by atoms with Crippen molar-refractivity contribution in [2.75, 3.05) is 12.8 Å². The van der Waals surface area contributed by atoms with E-state index in [4.69, 9.17) is 10.5 Å². The Bertz CT molecular complexity index is 750. The number of pyridine rings is 1. The highest BCUT2D eigenvalue weighted by Crippen LogP contribution is 2.19. The number of aromatic nitrogens is 1. The van der Waals surface area contributed by atoms with Crippen molar-refractivity contribution in [1.29, 1.82) is 0 Å². The molecule has 0 saturated carbocycles. The molecule has 0 unspecified atom stereocenters. The second-order valence-corrected chi connectivity index (χ2v) is 5.95. The van der Waals surface area contributed by atoms with Crippen molar-refractivity contribution in [1.82, 2.24) is 9.71 Å². The Labute approximate surface area is 121 Å². The molecule has 1 aromatic heterocycles. The van der Waals surface area contributed by atoms with Crippen LogP contribution in [0.3, 0.4) is 0 Å². The fraction of sp³-hybridized carbons (Fsp3) is 0.154. The van der Waals surface area contributed by atoms with E-state index in [0.29, 0.717) is 11.4 Å². The van der Waals surface area contributed by atoms with E-state index in [1.165, 1.54) is 19.4 Å². The number of ether oxygens (including phenoxy) is 1. The maximum absolute atomic E-state index is 13.2. The van der Waals surface area contributed by atoms with E-state index in [1.807, 2.05) is 0 Å². The fourth-order valence-electron chi connectivity index (χ4n) is 1.67. The van der Waals surface area contributed by atoms with Crippen LogP contribution in [-0.4, -0.2) is 20.5 Å². The molecular formula is C13H14FN3O3S. The van der Waals surface area contributed by atoms with E-state index in [9.17, 15) is 12.8 Å². The first-order valence-corrected chi connectivity index (χ1v) is 7.44. The first-order chi connectivity index (χ1) is 9.92. The molecule has 0 amide bonds. The quantitative estimate of drug-likeness (QED) is 0.811. The summed E-state index contributed by atoms with van der Waals surface area (Å²) in [6, 6.07) is 6.42. The zero-order chi connectivity index (χ0) is 15.5.